The molecule has 5 nitrogen and oxygen atoms in total. The molecule has 0 aliphatic carbocycles. The number of hydrogen-bond acceptors (Lipinski definition) is 4. The summed E-state index contributed by atoms with van der Waals surface area (Å²) >= 11 is 0. The van der Waals surface area contributed by atoms with Gasteiger partial charge in [-0.25, -0.2) is 0 Å². The summed E-state index contributed by atoms with van der Waals surface area (Å²) in [6.45, 7) is 4.46. The van der Waals surface area contributed by atoms with E-state index in [0.29, 0.717) is 0 Å². The molecule has 1 aliphatic heterocycles. The standard InChI is InChI=1S/C8H16N2.C8H9NO2/c1-3-4-5-10-7-6-9(2)8-10;10-8(11)6-9-7-4-2-1-3-5-7/h6-7H,3-5,8H2,1-2H3;1-5,9H,6H2,(H,10,11). The van der Waals surface area contributed by atoms with E-state index in [1.807, 2.05) is 30.3 Å². The van der Waals surface area contributed by atoms with Crippen LogP contribution in [0.3, 0.4) is 0 Å². The molecule has 116 valence electrons. The fourth-order valence-electron chi connectivity index (χ4n) is 1.83. The Hall–Kier alpha value is -2.17. The summed E-state index contributed by atoms with van der Waals surface area (Å²) in [5.41, 5.74) is 0.829. The maximum Gasteiger partial charge on any atom is 0.322 e. The van der Waals surface area contributed by atoms with Crippen molar-refractivity contribution in [2.45, 2.75) is 19.8 Å². The van der Waals surface area contributed by atoms with Crippen LogP contribution in [0.25, 0.3) is 0 Å². The minimum atomic E-state index is -0.853. The second-order valence-electron chi connectivity index (χ2n) is 4.98. The molecule has 0 fully saturated rings. The van der Waals surface area contributed by atoms with Crippen LogP contribution in [0, 0.1) is 0 Å². The molecule has 0 saturated carbocycles. The number of anilines is 1. The maximum absolute atomic E-state index is 10.1. The van der Waals surface area contributed by atoms with Crippen LogP contribution in [0.1, 0.15) is 19.8 Å². The Morgan fingerprint density at radius 1 is 1.29 bits per heavy atom. The van der Waals surface area contributed by atoms with E-state index in [9.17, 15) is 4.79 Å². The highest BCUT2D eigenvalue weighted by atomic mass is 16.4. The van der Waals surface area contributed by atoms with E-state index in [-0.39, 0.29) is 6.54 Å². The molecule has 2 rings (SSSR count). The van der Waals surface area contributed by atoms with Crippen molar-refractivity contribution in [3.63, 3.8) is 0 Å². The molecule has 1 aromatic carbocycles. The number of benzene rings is 1. The summed E-state index contributed by atoms with van der Waals surface area (Å²) in [5, 5.41) is 11.1. The molecule has 0 spiro atoms. The Morgan fingerprint density at radius 3 is 2.52 bits per heavy atom. The first-order chi connectivity index (χ1) is 10.1. The summed E-state index contributed by atoms with van der Waals surface area (Å²) in [7, 11) is 2.10. The molecule has 0 aromatic heterocycles. The Kier molecular flexibility index (Phi) is 7.79. The first-order valence-corrected chi connectivity index (χ1v) is 7.25. The molecule has 21 heavy (non-hydrogen) atoms. The number of para-hydroxylation sites is 1. The van der Waals surface area contributed by atoms with E-state index in [1.165, 1.54) is 19.4 Å². The lowest BCUT2D eigenvalue weighted by Crippen LogP contribution is -2.23. The topological polar surface area (TPSA) is 55.8 Å². The number of aliphatic carboxylic acids is 1. The first-order valence-electron chi connectivity index (χ1n) is 7.25. The van der Waals surface area contributed by atoms with Gasteiger partial charge in [-0.1, -0.05) is 31.5 Å². The van der Waals surface area contributed by atoms with Crippen molar-refractivity contribution in [2.24, 2.45) is 0 Å². The molecule has 1 aromatic rings. The van der Waals surface area contributed by atoms with Crippen LogP contribution in [-0.2, 0) is 4.79 Å². The Balaban J connectivity index is 0.000000211. The summed E-state index contributed by atoms with van der Waals surface area (Å²) in [4.78, 5) is 14.6. The minimum Gasteiger partial charge on any atom is -0.480 e. The molecule has 0 atom stereocenters. The number of carbonyl (C=O) groups is 1. The number of carboxylic acid groups (broad SMARTS) is 1. The molecule has 0 unspecified atom stereocenters. The zero-order valence-corrected chi connectivity index (χ0v) is 12.8. The van der Waals surface area contributed by atoms with Crippen LogP contribution in [0.2, 0.25) is 0 Å². The van der Waals surface area contributed by atoms with Crippen molar-refractivity contribution in [2.75, 3.05) is 32.1 Å². The molecule has 1 heterocycles. The maximum atomic E-state index is 10.1. The number of carboxylic acids is 1. The van der Waals surface area contributed by atoms with Crippen LogP contribution in [-0.4, -0.2) is 47.7 Å². The van der Waals surface area contributed by atoms with Crippen molar-refractivity contribution < 1.29 is 9.90 Å². The van der Waals surface area contributed by atoms with Crippen LogP contribution in [0.5, 0.6) is 0 Å². The quantitative estimate of drug-likeness (QED) is 0.844. The second kappa shape index (κ2) is 9.69. The van der Waals surface area contributed by atoms with E-state index in [2.05, 4.69) is 41.5 Å². The lowest BCUT2D eigenvalue weighted by atomic mass is 10.3. The van der Waals surface area contributed by atoms with E-state index in [0.717, 1.165) is 12.4 Å². The average Bonchev–Trinajstić information content (AvgIpc) is 2.90. The fraction of sp³-hybridized carbons (Fsp3) is 0.438. The van der Waals surface area contributed by atoms with Gasteiger partial charge in [0.2, 0.25) is 0 Å². The van der Waals surface area contributed by atoms with Crippen molar-refractivity contribution in [3.05, 3.63) is 42.7 Å². The molecule has 1 aliphatic rings. The summed E-state index contributed by atoms with van der Waals surface area (Å²) in [6, 6.07) is 9.23. The highest BCUT2D eigenvalue weighted by molar-refractivity contribution is 5.72. The van der Waals surface area contributed by atoms with Crippen LogP contribution < -0.4 is 5.32 Å². The van der Waals surface area contributed by atoms with Crippen LogP contribution in [0.4, 0.5) is 5.69 Å². The van der Waals surface area contributed by atoms with Crippen molar-refractivity contribution >= 4 is 11.7 Å². The number of hydrogen-bond donors (Lipinski definition) is 2. The molecule has 5 heteroatoms. The van der Waals surface area contributed by atoms with Gasteiger partial charge in [0.25, 0.3) is 0 Å². The molecule has 0 saturated heterocycles. The van der Waals surface area contributed by atoms with Crippen LogP contribution >= 0.6 is 0 Å². The summed E-state index contributed by atoms with van der Waals surface area (Å²) in [6.07, 6.45) is 6.87. The van der Waals surface area contributed by atoms with Gasteiger partial charge in [-0.2, -0.15) is 0 Å². The van der Waals surface area contributed by atoms with Gasteiger partial charge in [-0.05, 0) is 18.6 Å². The zero-order chi connectivity index (χ0) is 15.5. The SMILES string of the molecule is CCCCN1C=CN(C)C1.O=C(O)CNc1ccccc1. The highest BCUT2D eigenvalue weighted by Gasteiger charge is 2.05. The normalized spacial score (nSPS) is 12.9. The fourth-order valence-corrected chi connectivity index (χ4v) is 1.83. The molecule has 0 amide bonds. The monoisotopic (exact) mass is 291 g/mol. The summed E-state index contributed by atoms with van der Waals surface area (Å²) < 4.78 is 0. The van der Waals surface area contributed by atoms with Gasteiger partial charge in [0, 0.05) is 31.7 Å². The Labute approximate surface area is 126 Å². The van der Waals surface area contributed by atoms with Gasteiger partial charge in [0.05, 0.1) is 6.67 Å². The van der Waals surface area contributed by atoms with Gasteiger partial charge in [-0.15, -0.1) is 0 Å². The van der Waals surface area contributed by atoms with Gasteiger partial charge in [0.15, 0.2) is 0 Å². The molecule has 0 radical (unpaired) electrons. The molecule has 2 N–H and O–H groups in total. The van der Waals surface area contributed by atoms with E-state index >= 15 is 0 Å². The predicted octanol–water partition coefficient (Wildman–Crippen LogP) is 2.65. The number of nitrogens with zero attached hydrogens (tertiary/aromatic N) is 2. The molecular formula is C16H25N3O2. The molecular weight excluding hydrogens is 266 g/mol. The first kappa shape index (κ1) is 16.9. The number of unbranched alkanes of at least 4 members (excludes halogenated alkanes) is 1. The third kappa shape index (κ3) is 7.87. The third-order valence-corrected chi connectivity index (χ3v) is 2.95. The zero-order valence-electron chi connectivity index (χ0n) is 12.8. The second-order valence-corrected chi connectivity index (χ2v) is 4.98. The summed E-state index contributed by atoms with van der Waals surface area (Å²) in [5.74, 6) is -0.853. The van der Waals surface area contributed by atoms with Gasteiger partial charge in [0.1, 0.15) is 6.54 Å². The number of rotatable bonds is 6. The largest absolute Gasteiger partial charge is 0.480 e. The lowest BCUT2D eigenvalue weighted by Gasteiger charge is -2.17. The molecule has 0 bridgehead atoms. The van der Waals surface area contributed by atoms with Crippen molar-refractivity contribution in [1.29, 1.82) is 0 Å². The minimum absolute atomic E-state index is 0.0377. The lowest BCUT2D eigenvalue weighted by molar-refractivity contribution is -0.134. The van der Waals surface area contributed by atoms with E-state index < -0.39 is 5.97 Å². The van der Waals surface area contributed by atoms with E-state index in [1.54, 1.807) is 0 Å². The van der Waals surface area contributed by atoms with Crippen molar-refractivity contribution in [1.82, 2.24) is 9.80 Å². The Morgan fingerprint density at radius 2 is 2.00 bits per heavy atom. The smallest absolute Gasteiger partial charge is 0.322 e. The van der Waals surface area contributed by atoms with E-state index in [4.69, 9.17) is 5.11 Å². The number of nitrogens with one attached hydrogen (secondary N) is 1. The van der Waals surface area contributed by atoms with Gasteiger partial charge < -0.3 is 20.2 Å². The van der Waals surface area contributed by atoms with Gasteiger partial charge >= 0.3 is 5.97 Å². The van der Waals surface area contributed by atoms with Crippen molar-refractivity contribution in [3.8, 4) is 0 Å². The van der Waals surface area contributed by atoms with Crippen LogP contribution in [0.15, 0.2) is 42.7 Å². The Bertz CT molecular complexity index is 434. The van der Waals surface area contributed by atoms with Gasteiger partial charge in [-0.3, -0.25) is 4.79 Å². The third-order valence-electron chi connectivity index (χ3n) is 2.95. The highest BCUT2D eigenvalue weighted by Crippen LogP contribution is 2.04. The average molecular weight is 291 g/mol. The predicted molar refractivity (Wildman–Crippen MR) is 86.0 cm³/mol.